The van der Waals surface area contributed by atoms with E-state index in [0.717, 1.165) is 23.8 Å². The van der Waals surface area contributed by atoms with Crippen LogP contribution in [0.4, 0.5) is 5.69 Å². The van der Waals surface area contributed by atoms with Gasteiger partial charge in [-0.1, -0.05) is 25.0 Å². The lowest BCUT2D eigenvalue weighted by atomic mass is 10.1. The van der Waals surface area contributed by atoms with E-state index in [1.165, 1.54) is 31.2 Å². The molecule has 0 amide bonds. The molecule has 3 rings (SSSR count). The zero-order chi connectivity index (χ0) is 13.2. The average molecular weight is 256 g/mol. The predicted molar refractivity (Wildman–Crippen MR) is 75.9 cm³/mol. The van der Waals surface area contributed by atoms with E-state index in [9.17, 15) is 0 Å². The SMILES string of the molecule is Cn1nc(C2CCCC2)nc1Cc1cccc(N)c1. The first kappa shape index (κ1) is 12.2. The molecule has 2 aromatic rings. The summed E-state index contributed by atoms with van der Waals surface area (Å²) in [6, 6.07) is 7.98. The molecule has 0 bridgehead atoms. The molecular weight excluding hydrogens is 236 g/mol. The van der Waals surface area contributed by atoms with Crippen LogP contribution in [0.5, 0.6) is 0 Å². The van der Waals surface area contributed by atoms with Crippen LogP contribution in [-0.2, 0) is 13.5 Å². The van der Waals surface area contributed by atoms with Gasteiger partial charge in [0.05, 0.1) is 0 Å². The third-order valence-electron chi connectivity index (χ3n) is 3.90. The quantitative estimate of drug-likeness (QED) is 0.859. The van der Waals surface area contributed by atoms with Gasteiger partial charge in [0.1, 0.15) is 5.82 Å². The van der Waals surface area contributed by atoms with Crippen LogP contribution in [0.2, 0.25) is 0 Å². The topological polar surface area (TPSA) is 56.7 Å². The van der Waals surface area contributed by atoms with Crippen LogP contribution in [-0.4, -0.2) is 14.8 Å². The number of nitrogens with zero attached hydrogens (tertiary/aromatic N) is 3. The van der Waals surface area contributed by atoms with E-state index >= 15 is 0 Å². The molecule has 100 valence electrons. The van der Waals surface area contributed by atoms with Crippen LogP contribution in [0.25, 0.3) is 0 Å². The van der Waals surface area contributed by atoms with Crippen LogP contribution in [0.3, 0.4) is 0 Å². The van der Waals surface area contributed by atoms with Gasteiger partial charge in [0.15, 0.2) is 5.82 Å². The molecule has 1 heterocycles. The van der Waals surface area contributed by atoms with Gasteiger partial charge in [0.25, 0.3) is 0 Å². The number of aryl methyl sites for hydroxylation is 1. The van der Waals surface area contributed by atoms with Gasteiger partial charge >= 0.3 is 0 Å². The van der Waals surface area contributed by atoms with Gasteiger partial charge < -0.3 is 5.73 Å². The van der Waals surface area contributed by atoms with Crippen molar-refractivity contribution < 1.29 is 0 Å². The van der Waals surface area contributed by atoms with Crippen molar-refractivity contribution in [1.82, 2.24) is 14.8 Å². The van der Waals surface area contributed by atoms with Crippen molar-refractivity contribution >= 4 is 5.69 Å². The highest BCUT2D eigenvalue weighted by molar-refractivity contribution is 5.41. The summed E-state index contributed by atoms with van der Waals surface area (Å²) in [6.07, 6.45) is 5.89. The van der Waals surface area contributed by atoms with Crippen LogP contribution in [0, 0.1) is 0 Å². The average Bonchev–Trinajstić information content (AvgIpc) is 3.00. The zero-order valence-electron chi connectivity index (χ0n) is 11.3. The van der Waals surface area contributed by atoms with E-state index in [1.54, 1.807) is 0 Å². The monoisotopic (exact) mass is 256 g/mol. The molecule has 0 spiro atoms. The van der Waals surface area contributed by atoms with Crippen LogP contribution in [0.15, 0.2) is 24.3 Å². The maximum Gasteiger partial charge on any atom is 0.154 e. The molecule has 1 saturated carbocycles. The Bertz CT molecular complexity index is 567. The van der Waals surface area contributed by atoms with Gasteiger partial charge in [-0.05, 0) is 30.5 Å². The first-order valence-electron chi connectivity index (χ1n) is 6.96. The molecule has 1 aromatic heterocycles. The minimum Gasteiger partial charge on any atom is -0.399 e. The Kier molecular flexibility index (Phi) is 3.23. The minimum absolute atomic E-state index is 0.570. The highest BCUT2D eigenvalue weighted by Gasteiger charge is 2.22. The normalized spacial score (nSPS) is 16.1. The number of rotatable bonds is 3. The van der Waals surface area contributed by atoms with Crippen LogP contribution < -0.4 is 5.73 Å². The summed E-state index contributed by atoms with van der Waals surface area (Å²) in [5, 5.41) is 4.59. The number of nitrogens with two attached hydrogens (primary N) is 1. The first-order valence-corrected chi connectivity index (χ1v) is 6.96. The molecule has 0 saturated heterocycles. The third-order valence-corrected chi connectivity index (χ3v) is 3.90. The minimum atomic E-state index is 0.570. The lowest BCUT2D eigenvalue weighted by Crippen LogP contribution is -2.01. The predicted octanol–water partition coefficient (Wildman–Crippen LogP) is 2.65. The number of hydrogen-bond donors (Lipinski definition) is 1. The molecule has 1 aliphatic carbocycles. The highest BCUT2D eigenvalue weighted by atomic mass is 15.3. The Morgan fingerprint density at radius 3 is 2.84 bits per heavy atom. The maximum absolute atomic E-state index is 5.81. The largest absolute Gasteiger partial charge is 0.399 e. The van der Waals surface area contributed by atoms with E-state index in [2.05, 4.69) is 11.2 Å². The fraction of sp³-hybridized carbons (Fsp3) is 0.467. The zero-order valence-corrected chi connectivity index (χ0v) is 11.3. The smallest absolute Gasteiger partial charge is 0.154 e. The van der Waals surface area contributed by atoms with E-state index in [1.807, 2.05) is 29.9 Å². The standard InChI is InChI=1S/C15H20N4/c1-19-14(10-11-5-4-8-13(16)9-11)17-15(18-19)12-6-2-3-7-12/h4-5,8-9,12H,2-3,6-7,10,16H2,1H3. The van der Waals surface area contributed by atoms with Crippen LogP contribution in [0.1, 0.15) is 48.8 Å². The lowest BCUT2D eigenvalue weighted by Gasteiger charge is -2.02. The van der Waals surface area contributed by atoms with Crippen molar-refractivity contribution in [2.24, 2.45) is 7.05 Å². The Morgan fingerprint density at radius 2 is 2.11 bits per heavy atom. The van der Waals surface area contributed by atoms with Gasteiger partial charge in [0.2, 0.25) is 0 Å². The van der Waals surface area contributed by atoms with Crippen molar-refractivity contribution in [1.29, 1.82) is 0 Å². The van der Waals surface area contributed by atoms with Gasteiger partial charge in [-0.3, -0.25) is 4.68 Å². The number of nitrogen functional groups attached to an aromatic ring is 1. The summed E-state index contributed by atoms with van der Waals surface area (Å²) in [7, 11) is 1.98. The maximum atomic E-state index is 5.81. The lowest BCUT2D eigenvalue weighted by molar-refractivity contribution is 0.644. The van der Waals surface area contributed by atoms with Crippen molar-refractivity contribution in [3.63, 3.8) is 0 Å². The molecule has 0 aliphatic heterocycles. The summed E-state index contributed by atoms with van der Waals surface area (Å²) >= 11 is 0. The van der Waals surface area contributed by atoms with Crippen LogP contribution >= 0.6 is 0 Å². The van der Waals surface area contributed by atoms with Gasteiger partial charge in [-0.2, -0.15) is 5.10 Å². The van der Waals surface area contributed by atoms with E-state index in [-0.39, 0.29) is 0 Å². The summed E-state index contributed by atoms with van der Waals surface area (Å²) in [5.41, 5.74) is 7.80. The molecular formula is C15H20N4. The molecule has 1 fully saturated rings. The van der Waals surface area contributed by atoms with Gasteiger partial charge in [-0.25, -0.2) is 4.98 Å². The Hall–Kier alpha value is -1.84. The number of anilines is 1. The molecule has 4 nitrogen and oxygen atoms in total. The summed E-state index contributed by atoms with van der Waals surface area (Å²) in [4.78, 5) is 4.73. The Morgan fingerprint density at radius 1 is 1.32 bits per heavy atom. The van der Waals surface area contributed by atoms with E-state index in [4.69, 9.17) is 10.7 Å². The molecule has 19 heavy (non-hydrogen) atoms. The number of hydrogen-bond acceptors (Lipinski definition) is 3. The highest BCUT2D eigenvalue weighted by Crippen LogP contribution is 2.32. The Balaban J connectivity index is 1.81. The van der Waals surface area contributed by atoms with Crippen molar-refractivity contribution in [3.05, 3.63) is 41.5 Å². The molecule has 0 radical (unpaired) electrons. The summed E-state index contributed by atoms with van der Waals surface area (Å²) in [6.45, 7) is 0. The summed E-state index contributed by atoms with van der Waals surface area (Å²) < 4.78 is 1.91. The van der Waals surface area contributed by atoms with E-state index in [0.29, 0.717) is 5.92 Å². The second-order valence-electron chi connectivity index (χ2n) is 5.41. The molecule has 1 aliphatic rings. The number of aromatic nitrogens is 3. The molecule has 0 unspecified atom stereocenters. The van der Waals surface area contributed by atoms with Crippen molar-refractivity contribution in [3.8, 4) is 0 Å². The van der Waals surface area contributed by atoms with Gasteiger partial charge in [-0.15, -0.1) is 0 Å². The van der Waals surface area contributed by atoms with Crippen molar-refractivity contribution in [2.75, 3.05) is 5.73 Å². The second kappa shape index (κ2) is 5.03. The van der Waals surface area contributed by atoms with Crippen molar-refractivity contribution in [2.45, 2.75) is 38.0 Å². The summed E-state index contributed by atoms with van der Waals surface area (Å²) in [5.74, 6) is 2.62. The van der Waals surface area contributed by atoms with Gasteiger partial charge in [0, 0.05) is 25.1 Å². The fourth-order valence-electron chi connectivity index (χ4n) is 2.83. The molecule has 1 aromatic carbocycles. The fourth-order valence-corrected chi connectivity index (χ4v) is 2.83. The number of benzene rings is 1. The van der Waals surface area contributed by atoms with E-state index < -0.39 is 0 Å². The molecule has 4 heteroatoms. The Labute approximate surface area is 113 Å². The second-order valence-corrected chi connectivity index (χ2v) is 5.41. The molecule has 0 atom stereocenters. The third kappa shape index (κ3) is 2.62. The molecule has 2 N–H and O–H groups in total. The first-order chi connectivity index (χ1) is 9.22.